The fourth-order valence-electron chi connectivity index (χ4n) is 5.45. The second-order valence-corrected chi connectivity index (χ2v) is 12.3. The van der Waals surface area contributed by atoms with Gasteiger partial charge in [-0.25, -0.2) is 9.80 Å². The Labute approximate surface area is 263 Å². The molecule has 0 spiro atoms. The summed E-state index contributed by atoms with van der Waals surface area (Å²) in [4.78, 5) is 26.3. The van der Waals surface area contributed by atoms with Crippen LogP contribution >= 0.6 is 0 Å². The summed E-state index contributed by atoms with van der Waals surface area (Å²) in [6.07, 6.45) is 0.562. The first-order chi connectivity index (χ1) is 21.7. The van der Waals surface area contributed by atoms with E-state index in [1.807, 2.05) is 72.8 Å². The van der Waals surface area contributed by atoms with E-state index in [1.54, 1.807) is 12.1 Å². The van der Waals surface area contributed by atoms with Gasteiger partial charge < -0.3 is 9.47 Å². The Morgan fingerprint density at radius 1 is 0.800 bits per heavy atom. The predicted octanol–water partition coefficient (Wildman–Crippen LogP) is 8.25. The Balaban J connectivity index is 1.09. The maximum Gasteiger partial charge on any atom is 0.338 e. The number of amides is 1. The molecule has 5 aromatic rings. The fraction of sp³-hybridized carbons (Fsp3) is 0.205. The highest BCUT2D eigenvalue weighted by molar-refractivity contribution is 6.05. The summed E-state index contributed by atoms with van der Waals surface area (Å²) in [5.41, 5.74) is 5.36. The number of carbonyl (C=O) groups is 2. The summed E-state index contributed by atoms with van der Waals surface area (Å²) in [7, 11) is 0. The topological polar surface area (TPSA) is 68.2 Å². The Morgan fingerprint density at radius 2 is 1.49 bits per heavy atom. The fourth-order valence-corrected chi connectivity index (χ4v) is 5.45. The van der Waals surface area contributed by atoms with E-state index < -0.39 is 12.6 Å². The van der Waals surface area contributed by atoms with Gasteiger partial charge in [-0.2, -0.15) is 5.10 Å². The molecule has 0 saturated heterocycles. The number of rotatable bonds is 8. The molecule has 0 aliphatic carbocycles. The monoisotopic (exact) mass is 596 g/mol. The van der Waals surface area contributed by atoms with E-state index in [0.29, 0.717) is 18.6 Å². The summed E-state index contributed by atoms with van der Waals surface area (Å²) in [5.74, 6) is -0.162. The van der Waals surface area contributed by atoms with E-state index in [1.165, 1.54) is 10.6 Å². The van der Waals surface area contributed by atoms with E-state index in [4.69, 9.17) is 14.6 Å². The number of ether oxygens (including phenoxy) is 2. The molecular weight excluding hydrogens is 560 g/mol. The van der Waals surface area contributed by atoms with Gasteiger partial charge in [0.25, 0.3) is 5.91 Å². The molecule has 226 valence electrons. The third kappa shape index (κ3) is 6.96. The zero-order valence-corrected chi connectivity index (χ0v) is 25.8. The molecule has 1 amide bonds. The SMILES string of the molecule is CC(C)(C)c1ccc(OCc2ccc(C(=O)OCC(=O)N3N=C(c4ccc5ccccc5c4)CC3c3ccccc3)cc2)cc1. The van der Waals surface area contributed by atoms with Gasteiger partial charge in [-0.1, -0.05) is 112 Å². The molecule has 0 fully saturated rings. The maximum absolute atomic E-state index is 13.4. The van der Waals surface area contributed by atoms with E-state index in [9.17, 15) is 9.59 Å². The van der Waals surface area contributed by atoms with Crippen molar-refractivity contribution >= 4 is 28.4 Å². The van der Waals surface area contributed by atoms with Crippen molar-refractivity contribution < 1.29 is 19.1 Å². The van der Waals surface area contributed by atoms with Gasteiger partial charge in [0.1, 0.15) is 12.4 Å². The minimum atomic E-state index is -0.567. The van der Waals surface area contributed by atoms with Gasteiger partial charge in [0.2, 0.25) is 0 Å². The first-order valence-electron chi connectivity index (χ1n) is 15.2. The number of nitrogens with zero attached hydrogens (tertiary/aromatic N) is 2. The number of esters is 1. The number of hydrogen-bond donors (Lipinski definition) is 0. The third-order valence-electron chi connectivity index (χ3n) is 8.08. The van der Waals surface area contributed by atoms with Crippen LogP contribution < -0.4 is 4.74 Å². The van der Waals surface area contributed by atoms with Crippen LogP contribution in [0.1, 0.15) is 65.8 Å². The lowest BCUT2D eigenvalue weighted by atomic mass is 9.87. The first kappa shape index (κ1) is 29.8. The Hall–Kier alpha value is -5.23. The van der Waals surface area contributed by atoms with Crippen LogP contribution in [0.2, 0.25) is 0 Å². The van der Waals surface area contributed by atoms with Crippen molar-refractivity contribution in [1.29, 1.82) is 0 Å². The lowest BCUT2D eigenvalue weighted by molar-refractivity contribution is -0.136. The van der Waals surface area contributed by atoms with Crippen LogP contribution in [0.4, 0.5) is 0 Å². The Bertz CT molecular complexity index is 1840. The van der Waals surface area contributed by atoms with E-state index in [2.05, 4.69) is 57.2 Å². The highest BCUT2D eigenvalue weighted by Gasteiger charge is 2.33. The molecule has 0 aromatic heterocycles. The molecule has 1 heterocycles. The van der Waals surface area contributed by atoms with Crippen molar-refractivity contribution in [3.05, 3.63) is 149 Å². The second kappa shape index (κ2) is 12.8. The number of hydrazone groups is 1. The third-order valence-corrected chi connectivity index (χ3v) is 8.08. The van der Waals surface area contributed by atoms with Crippen LogP contribution in [-0.4, -0.2) is 29.2 Å². The molecule has 5 aromatic carbocycles. The molecule has 6 rings (SSSR count). The average molecular weight is 597 g/mol. The second-order valence-electron chi connectivity index (χ2n) is 12.3. The minimum Gasteiger partial charge on any atom is -0.489 e. The minimum absolute atomic E-state index is 0.0830. The Kier molecular flexibility index (Phi) is 8.47. The molecule has 1 aliphatic rings. The summed E-state index contributed by atoms with van der Waals surface area (Å²) < 4.78 is 11.4. The first-order valence-corrected chi connectivity index (χ1v) is 15.2. The van der Waals surface area contributed by atoms with E-state index in [0.717, 1.165) is 38.9 Å². The van der Waals surface area contributed by atoms with E-state index in [-0.39, 0.29) is 17.4 Å². The van der Waals surface area contributed by atoms with Crippen molar-refractivity contribution in [2.75, 3.05) is 6.61 Å². The number of benzene rings is 5. The smallest absolute Gasteiger partial charge is 0.338 e. The van der Waals surface area contributed by atoms with Gasteiger partial charge in [0, 0.05) is 6.42 Å². The molecule has 6 nitrogen and oxygen atoms in total. The van der Waals surface area contributed by atoms with E-state index >= 15 is 0 Å². The highest BCUT2D eigenvalue weighted by Crippen LogP contribution is 2.33. The van der Waals surface area contributed by atoms with Gasteiger partial charge >= 0.3 is 5.97 Å². The molecule has 6 heteroatoms. The molecule has 1 atom stereocenters. The highest BCUT2D eigenvalue weighted by atomic mass is 16.5. The van der Waals surface area contributed by atoms with Gasteiger partial charge in [-0.15, -0.1) is 0 Å². The lowest BCUT2D eigenvalue weighted by Gasteiger charge is -2.21. The molecule has 0 N–H and O–H groups in total. The van der Waals surface area contributed by atoms with Crippen LogP contribution in [-0.2, 0) is 21.6 Å². The molecule has 0 bridgehead atoms. The standard InChI is InChI=1S/C39H36N2O4/c1-39(2,3)33-19-21-34(22-20-33)44-25-27-13-15-30(16-14-27)38(43)45-26-37(42)41-36(29-10-5-4-6-11-29)24-35(40-41)32-18-17-28-9-7-8-12-31(28)23-32/h4-23,36H,24-26H2,1-3H3. The quantitative estimate of drug-likeness (QED) is 0.169. The van der Waals surface area contributed by atoms with Gasteiger partial charge in [-0.3, -0.25) is 4.79 Å². The van der Waals surface area contributed by atoms with Crippen molar-refractivity contribution in [3.8, 4) is 5.75 Å². The molecule has 1 unspecified atom stereocenters. The molecule has 1 aliphatic heterocycles. The number of hydrogen-bond acceptors (Lipinski definition) is 5. The van der Waals surface area contributed by atoms with Crippen LogP contribution in [0.15, 0.2) is 126 Å². The van der Waals surface area contributed by atoms with Crippen LogP contribution in [0.3, 0.4) is 0 Å². The molecule has 0 radical (unpaired) electrons. The van der Waals surface area contributed by atoms with Gasteiger partial charge in [-0.05, 0) is 68.8 Å². The summed E-state index contributed by atoms with van der Waals surface area (Å²) in [5, 5.41) is 8.46. The molecule has 0 saturated carbocycles. The normalized spacial score (nSPS) is 14.7. The van der Waals surface area contributed by atoms with Gasteiger partial charge in [0.15, 0.2) is 6.61 Å². The van der Waals surface area contributed by atoms with Crippen molar-refractivity contribution in [2.45, 2.75) is 45.3 Å². The zero-order valence-electron chi connectivity index (χ0n) is 25.8. The summed E-state index contributed by atoms with van der Waals surface area (Å²) in [6.45, 7) is 6.49. The number of fused-ring (bicyclic) bond motifs is 1. The maximum atomic E-state index is 13.4. The largest absolute Gasteiger partial charge is 0.489 e. The van der Waals surface area contributed by atoms with Crippen molar-refractivity contribution in [1.82, 2.24) is 5.01 Å². The number of carbonyl (C=O) groups excluding carboxylic acids is 2. The Morgan fingerprint density at radius 3 is 2.20 bits per heavy atom. The van der Waals surface area contributed by atoms with Gasteiger partial charge in [0.05, 0.1) is 17.3 Å². The van der Waals surface area contributed by atoms with Crippen molar-refractivity contribution in [2.24, 2.45) is 5.10 Å². The average Bonchev–Trinajstić information content (AvgIpc) is 3.52. The predicted molar refractivity (Wildman–Crippen MR) is 177 cm³/mol. The summed E-state index contributed by atoms with van der Waals surface area (Å²) in [6, 6.07) is 39.0. The molecular formula is C39H36N2O4. The van der Waals surface area contributed by atoms with Crippen LogP contribution in [0.25, 0.3) is 10.8 Å². The summed E-state index contributed by atoms with van der Waals surface area (Å²) >= 11 is 0. The van der Waals surface area contributed by atoms with Crippen LogP contribution in [0.5, 0.6) is 5.75 Å². The van der Waals surface area contributed by atoms with Crippen molar-refractivity contribution in [3.63, 3.8) is 0 Å². The lowest BCUT2D eigenvalue weighted by Crippen LogP contribution is -2.31. The molecule has 45 heavy (non-hydrogen) atoms. The van der Waals surface area contributed by atoms with Crippen LogP contribution in [0, 0.1) is 0 Å². The zero-order chi connectivity index (χ0) is 31.4.